The minimum absolute atomic E-state index is 0.0668. The van der Waals surface area contributed by atoms with E-state index in [0.29, 0.717) is 12.5 Å². The van der Waals surface area contributed by atoms with Crippen molar-refractivity contribution >= 4 is 5.78 Å². The molecule has 1 aromatic carbocycles. The fourth-order valence-electron chi connectivity index (χ4n) is 2.28. The predicted molar refractivity (Wildman–Crippen MR) is 93.4 cm³/mol. The number of hydrogen-bond donors (Lipinski definition) is 0. The molecule has 1 aromatic rings. The number of hydrogen-bond acceptors (Lipinski definition) is 2. The van der Waals surface area contributed by atoms with Crippen LogP contribution < -0.4 is 0 Å². The number of benzene rings is 1. The minimum atomic E-state index is -0.368. The van der Waals surface area contributed by atoms with Crippen molar-refractivity contribution in [2.45, 2.75) is 60.0 Å². The summed E-state index contributed by atoms with van der Waals surface area (Å²) in [6, 6.07) is 7.68. The highest BCUT2D eigenvalue weighted by atomic mass is 16.5. The van der Waals surface area contributed by atoms with Gasteiger partial charge in [0.25, 0.3) is 0 Å². The van der Waals surface area contributed by atoms with E-state index in [1.807, 2.05) is 38.1 Å². The first kappa shape index (κ1) is 18.6. The Bertz CT molecular complexity index is 481. The Morgan fingerprint density at radius 1 is 1.14 bits per heavy atom. The van der Waals surface area contributed by atoms with Crippen LogP contribution >= 0.6 is 0 Å². The molecule has 122 valence electrons. The summed E-state index contributed by atoms with van der Waals surface area (Å²) in [6.07, 6.45) is 5.21. The lowest BCUT2D eigenvalue weighted by atomic mass is 10.0. The van der Waals surface area contributed by atoms with E-state index in [1.165, 1.54) is 12.0 Å². The van der Waals surface area contributed by atoms with Crippen LogP contribution in [0.5, 0.6) is 0 Å². The number of carbonyl (C=O) groups is 1. The van der Waals surface area contributed by atoms with Gasteiger partial charge in [0.1, 0.15) is 6.10 Å². The first-order valence-corrected chi connectivity index (χ1v) is 8.26. The summed E-state index contributed by atoms with van der Waals surface area (Å²) in [4.78, 5) is 12.2. The van der Waals surface area contributed by atoms with Gasteiger partial charge >= 0.3 is 0 Å². The van der Waals surface area contributed by atoms with Crippen LogP contribution in [0.2, 0.25) is 0 Å². The summed E-state index contributed by atoms with van der Waals surface area (Å²) in [5, 5.41) is 0. The van der Waals surface area contributed by atoms with Crippen LogP contribution in [0.1, 0.15) is 62.9 Å². The number of carbonyl (C=O) groups excluding carboxylic acids is 1. The van der Waals surface area contributed by atoms with Crippen LogP contribution in [0, 0.1) is 12.8 Å². The number of aryl methyl sites for hydroxylation is 1. The van der Waals surface area contributed by atoms with E-state index in [9.17, 15) is 4.79 Å². The molecule has 0 N–H and O–H groups in total. The topological polar surface area (TPSA) is 26.3 Å². The molecule has 0 aliphatic rings. The van der Waals surface area contributed by atoms with Gasteiger partial charge in [0, 0.05) is 12.2 Å². The number of rotatable bonds is 9. The summed E-state index contributed by atoms with van der Waals surface area (Å²) < 4.78 is 5.72. The zero-order chi connectivity index (χ0) is 16.5. The molecule has 2 heteroatoms. The van der Waals surface area contributed by atoms with Crippen molar-refractivity contribution in [3.8, 4) is 0 Å². The van der Waals surface area contributed by atoms with Crippen molar-refractivity contribution < 1.29 is 9.53 Å². The fourth-order valence-corrected chi connectivity index (χ4v) is 2.28. The van der Waals surface area contributed by atoms with Gasteiger partial charge in [0.2, 0.25) is 0 Å². The van der Waals surface area contributed by atoms with Crippen LogP contribution in [-0.4, -0.2) is 18.5 Å². The smallest absolute Gasteiger partial charge is 0.191 e. The summed E-state index contributed by atoms with van der Waals surface area (Å²) >= 11 is 0. The Morgan fingerprint density at radius 3 is 2.36 bits per heavy atom. The molecule has 2 nitrogen and oxygen atoms in total. The summed E-state index contributed by atoms with van der Waals surface area (Å²) in [5.41, 5.74) is 3.27. The van der Waals surface area contributed by atoms with E-state index in [4.69, 9.17) is 4.74 Å². The highest BCUT2D eigenvalue weighted by Crippen LogP contribution is 2.13. The van der Waals surface area contributed by atoms with Crippen LogP contribution in [0.4, 0.5) is 0 Å². The molecule has 0 fully saturated rings. The fraction of sp³-hybridized carbons (Fsp3) is 0.550. The lowest BCUT2D eigenvalue weighted by molar-refractivity contribution is 0.0435. The first-order chi connectivity index (χ1) is 10.4. The van der Waals surface area contributed by atoms with Gasteiger partial charge < -0.3 is 4.74 Å². The highest BCUT2D eigenvalue weighted by Gasteiger charge is 2.15. The number of allylic oxidation sites excluding steroid dienone is 2. The molecule has 2 atom stereocenters. The Labute approximate surface area is 135 Å². The molecule has 22 heavy (non-hydrogen) atoms. The van der Waals surface area contributed by atoms with Gasteiger partial charge in [-0.25, -0.2) is 0 Å². The summed E-state index contributed by atoms with van der Waals surface area (Å²) in [7, 11) is 0. The monoisotopic (exact) mass is 302 g/mol. The molecule has 0 aromatic heterocycles. The van der Waals surface area contributed by atoms with E-state index in [1.54, 1.807) is 0 Å². The third kappa shape index (κ3) is 7.04. The first-order valence-electron chi connectivity index (χ1n) is 8.26. The average molecular weight is 302 g/mol. The summed E-state index contributed by atoms with van der Waals surface area (Å²) in [6.45, 7) is 11.0. The lowest BCUT2D eigenvalue weighted by Gasteiger charge is -2.15. The van der Waals surface area contributed by atoms with Gasteiger partial charge in [-0.1, -0.05) is 48.4 Å². The van der Waals surface area contributed by atoms with Gasteiger partial charge in [0.15, 0.2) is 5.78 Å². The average Bonchev–Trinajstić information content (AvgIpc) is 2.46. The van der Waals surface area contributed by atoms with Crippen molar-refractivity contribution in [1.82, 2.24) is 0 Å². The standard InChI is InChI=1S/C20H30O2/c1-15(2)7-6-8-16(3)13-14-22-18(5)20(21)19-11-9-17(4)10-12-19/h7,9-12,16,18H,6,8,13-14H2,1-5H3/t16-,18?/m1/s1. The van der Waals surface area contributed by atoms with Gasteiger partial charge in [-0.3, -0.25) is 4.79 Å². The molecule has 0 amide bonds. The van der Waals surface area contributed by atoms with Crippen LogP contribution in [-0.2, 0) is 4.74 Å². The SMILES string of the molecule is CC(C)=CCC[C@@H](C)CCOC(C)C(=O)c1ccc(C)cc1. The normalized spacial score (nSPS) is 13.5. The van der Waals surface area contributed by atoms with Crippen molar-refractivity contribution in [2.75, 3.05) is 6.61 Å². The molecular formula is C20H30O2. The van der Waals surface area contributed by atoms with E-state index >= 15 is 0 Å². The molecule has 0 heterocycles. The van der Waals surface area contributed by atoms with Crippen molar-refractivity contribution in [2.24, 2.45) is 5.92 Å². The van der Waals surface area contributed by atoms with E-state index in [-0.39, 0.29) is 11.9 Å². The zero-order valence-corrected chi connectivity index (χ0v) is 14.7. The molecule has 0 saturated carbocycles. The number of Topliss-reactive ketones (excluding diaryl/α,β-unsaturated/α-hetero) is 1. The van der Waals surface area contributed by atoms with Crippen molar-refractivity contribution in [1.29, 1.82) is 0 Å². The second kappa shape index (κ2) is 9.58. The molecule has 1 rings (SSSR count). The molecule has 0 bridgehead atoms. The molecule has 0 aliphatic heterocycles. The van der Waals surface area contributed by atoms with Gasteiger partial charge in [-0.15, -0.1) is 0 Å². The Balaban J connectivity index is 2.30. The molecule has 0 radical (unpaired) electrons. The molecular weight excluding hydrogens is 272 g/mol. The van der Waals surface area contributed by atoms with Crippen molar-refractivity contribution in [3.63, 3.8) is 0 Å². The minimum Gasteiger partial charge on any atom is -0.370 e. The van der Waals surface area contributed by atoms with Gasteiger partial charge in [-0.2, -0.15) is 0 Å². The number of ketones is 1. The Kier molecular flexibility index (Phi) is 8.11. The Hall–Kier alpha value is -1.41. The quantitative estimate of drug-likeness (QED) is 0.453. The second-order valence-corrected chi connectivity index (χ2v) is 6.50. The maximum absolute atomic E-state index is 12.2. The van der Waals surface area contributed by atoms with E-state index in [2.05, 4.69) is 26.8 Å². The maximum Gasteiger partial charge on any atom is 0.191 e. The van der Waals surface area contributed by atoms with Crippen LogP contribution in [0.25, 0.3) is 0 Å². The second-order valence-electron chi connectivity index (χ2n) is 6.50. The van der Waals surface area contributed by atoms with Crippen LogP contribution in [0.15, 0.2) is 35.9 Å². The highest BCUT2D eigenvalue weighted by molar-refractivity contribution is 5.99. The third-order valence-electron chi connectivity index (χ3n) is 3.90. The van der Waals surface area contributed by atoms with Gasteiger partial charge in [0.05, 0.1) is 0 Å². The summed E-state index contributed by atoms with van der Waals surface area (Å²) in [5.74, 6) is 0.689. The Morgan fingerprint density at radius 2 is 1.77 bits per heavy atom. The lowest BCUT2D eigenvalue weighted by Crippen LogP contribution is -2.22. The number of ether oxygens (including phenoxy) is 1. The van der Waals surface area contributed by atoms with Crippen molar-refractivity contribution in [3.05, 3.63) is 47.0 Å². The van der Waals surface area contributed by atoms with E-state index in [0.717, 1.165) is 24.0 Å². The van der Waals surface area contributed by atoms with E-state index < -0.39 is 0 Å². The maximum atomic E-state index is 12.2. The van der Waals surface area contributed by atoms with Crippen LogP contribution in [0.3, 0.4) is 0 Å². The molecule has 0 aliphatic carbocycles. The molecule has 1 unspecified atom stereocenters. The molecule has 0 saturated heterocycles. The zero-order valence-electron chi connectivity index (χ0n) is 14.7. The molecule has 0 spiro atoms. The third-order valence-corrected chi connectivity index (χ3v) is 3.90. The van der Waals surface area contributed by atoms with Gasteiger partial charge in [-0.05, 0) is 52.9 Å². The predicted octanol–water partition coefficient (Wildman–Crippen LogP) is 5.36. The largest absolute Gasteiger partial charge is 0.370 e.